The molecule has 3 aromatic rings. The van der Waals surface area contributed by atoms with Gasteiger partial charge in [0.2, 0.25) is 5.91 Å². The third-order valence-electron chi connectivity index (χ3n) is 4.87. The van der Waals surface area contributed by atoms with Gasteiger partial charge in [0.15, 0.2) is 11.5 Å². The maximum absolute atomic E-state index is 11.9. The van der Waals surface area contributed by atoms with Crippen molar-refractivity contribution in [2.45, 2.75) is 32.2 Å². The van der Waals surface area contributed by atoms with Crippen LogP contribution in [0.3, 0.4) is 0 Å². The van der Waals surface area contributed by atoms with Crippen molar-refractivity contribution >= 4 is 22.8 Å². The lowest BCUT2D eigenvalue weighted by molar-refractivity contribution is -0.129. The molecule has 0 radical (unpaired) electrons. The first-order chi connectivity index (χ1) is 12.7. The average molecular weight is 350 g/mol. The second-order valence-corrected chi connectivity index (χ2v) is 6.56. The van der Waals surface area contributed by atoms with Crippen LogP contribution in [0.1, 0.15) is 37.1 Å². The number of aromatic nitrogens is 4. The molecule has 1 aliphatic rings. The maximum Gasteiger partial charge on any atom is 0.222 e. The Morgan fingerprint density at radius 3 is 3.08 bits per heavy atom. The van der Waals surface area contributed by atoms with E-state index in [9.17, 15) is 4.79 Å². The van der Waals surface area contributed by atoms with Crippen molar-refractivity contribution in [1.82, 2.24) is 25.1 Å². The minimum atomic E-state index is 0.219. The molecule has 0 saturated carbocycles. The van der Waals surface area contributed by atoms with E-state index < -0.39 is 0 Å². The van der Waals surface area contributed by atoms with E-state index >= 15 is 0 Å². The third-order valence-corrected chi connectivity index (χ3v) is 4.87. The molecule has 26 heavy (non-hydrogen) atoms. The first kappa shape index (κ1) is 16.5. The molecule has 1 aliphatic heterocycles. The zero-order valence-corrected chi connectivity index (χ0v) is 14.8. The highest BCUT2D eigenvalue weighted by Crippen LogP contribution is 2.28. The lowest BCUT2D eigenvalue weighted by Crippen LogP contribution is -2.27. The standard InChI is InChI=1S/C19H22N6O/c1-2-17(26)25-10-8-13(12-25)16-7-6-15-18(23-24-19(15)22-16)21-11-14-5-3-4-9-20-14/h3-7,9,13H,2,8,10-12H2,1H3,(H2,21,22,23,24). The molecule has 0 aromatic carbocycles. The van der Waals surface area contributed by atoms with Crippen LogP contribution in [0.15, 0.2) is 36.5 Å². The normalized spacial score (nSPS) is 17.0. The molecule has 0 aliphatic carbocycles. The average Bonchev–Trinajstić information content (AvgIpc) is 3.33. The largest absolute Gasteiger partial charge is 0.362 e. The Morgan fingerprint density at radius 2 is 2.27 bits per heavy atom. The van der Waals surface area contributed by atoms with Gasteiger partial charge in [-0.3, -0.25) is 14.9 Å². The van der Waals surface area contributed by atoms with Crippen molar-refractivity contribution in [2.75, 3.05) is 18.4 Å². The highest BCUT2D eigenvalue weighted by molar-refractivity contribution is 5.87. The fourth-order valence-corrected chi connectivity index (χ4v) is 3.41. The molecular formula is C19H22N6O. The quantitative estimate of drug-likeness (QED) is 0.739. The number of H-pyrrole nitrogens is 1. The highest BCUT2D eigenvalue weighted by Gasteiger charge is 2.27. The number of pyridine rings is 2. The van der Waals surface area contributed by atoms with E-state index in [0.717, 1.165) is 47.7 Å². The van der Waals surface area contributed by atoms with Crippen LogP contribution in [-0.2, 0) is 11.3 Å². The lowest BCUT2D eigenvalue weighted by Gasteiger charge is -2.15. The van der Waals surface area contributed by atoms with E-state index in [1.807, 2.05) is 42.2 Å². The smallest absolute Gasteiger partial charge is 0.222 e. The number of carbonyl (C=O) groups excluding carboxylic acids is 1. The van der Waals surface area contributed by atoms with Crippen LogP contribution in [0.2, 0.25) is 0 Å². The number of aromatic amines is 1. The number of carbonyl (C=O) groups is 1. The molecule has 7 heteroatoms. The van der Waals surface area contributed by atoms with Gasteiger partial charge in [0.25, 0.3) is 0 Å². The van der Waals surface area contributed by atoms with Crippen molar-refractivity contribution in [3.05, 3.63) is 47.9 Å². The number of nitrogens with one attached hydrogen (secondary N) is 2. The summed E-state index contributed by atoms with van der Waals surface area (Å²) in [6, 6.07) is 9.94. The van der Waals surface area contributed by atoms with Gasteiger partial charge in [0.05, 0.1) is 17.6 Å². The van der Waals surface area contributed by atoms with Gasteiger partial charge in [0.1, 0.15) is 0 Å². The van der Waals surface area contributed by atoms with Crippen LogP contribution in [0, 0.1) is 0 Å². The molecule has 4 rings (SSSR count). The SMILES string of the molecule is CCC(=O)N1CCC(c2ccc3c(NCc4ccccn4)n[nH]c3n2)C1. The first-order valence-electron chi connectivity index (χ1n) is 9.01. The molecule has 134 valence electrons. The van der Waals surface area contributed by atoms with Gasteiger partial charge in [-0.1, -0.05) is 13.0 Å². The summed E-state index contributed by atoms with van der Waals surface area (Å²) in [7, 11) is 0. The minimum absolute atomic E-state index is 0.219. The Morgan fingerprint density at radius 1 is 1.35 bits per heavy atom. The number of likely N-dealkylation sites (tertiary alicyclic amines) is 1. The number of fused-ring (bicyclic) bond motifs is 1. The second kappa shape index (κ2) is 7.11. The molecular weight excluding hydrogens is 328 g/mol. The third kappa shape index (κ3) is 3.24. The molecule has 3 aromatic heterocycles. The minimum Gasteiger partial charge on any atom is -0.362 e. The molecule has 1 amide bonds. The Bertz CT molecular complexity index is 907. The van der Waals surface area contributed by atoms with Gasteiger partial charge in [-0.2, -0.15) is 5.10 Å². The zero-order chi connectivity index (χ0) is 17.9. The van der Waals surface area contributed by atoms with Gasteiger partial charge in [-0.05, 0) is 30.7 Å². The highest BCUT2D eigenvalue weighted by atomic mass is 16.2. The van der Waals surface area contributed by atoms with E-state index in [-0.39, 0.29) is 5.91 Å². The molecule has 1 atom stereocenters. The molecule has 2 N–H and O–H groups in total. The van der Waals surface area contributed by atoms with E-state index in [1.54, 1.807) is 6.20 Å². The van der Waals surface area contributed by atoms with Crippen LogP contribution in [0.4, 0.5) is 5.82 Å². The van der Waals surface area contributed by atoms with Crippen LogP contribution < -0.4 is 5.32 Å². The van der Waals surface area contributed by atoms with Gasteiger partial charge >= 0.3 is 0 Å². The van der Waals surface area contributed by atoms with Crippen LogP contribution >= 0.6 is 0 Å². The van der Waals surface area contributed by atoms with Gasteiger partial charge in [-0.25, -0.2) is 4.98 Å². The van der Waals surface area contributed by atoms with Crippen molar-refractivity contribution in [3.63, 3.8) is 0 Å². The second-order valence-electron chi connectivity index (χ2n) is 6.56. The van der Waals surface area contributed by atoms with Gasteiger partial charge < -0.3 is 10.2 Å². The molecule has 0 bridgehead atoms. The molecule has 4 heterocycles. The number of hydrogen-bond acceptors (Lipinski definition) is 5. The van der Waals surface area contributed by atoms with Crippen molar-refractivity contribution in [1.29, 1.82) is 0 Å². The Labute approximate surface area is 151 Å². The van der Waals surface area contributed by atoms with Gasteiger partial charge in [0, 0.05) is 37.3 Å². The Balaban J connectivity index is 1.48. The molecule has 1 unspecified atom stereocenters. The van der Waals surface area contributed by atoms with E-state index in [1.165, 1.54) is 0 Å². The Hall–Kier alpha value is -2.96. The summed E-state index contributed by atoms with van der Waals surface area (Å²) < 4.78 is 0. The summed E-state index contributed by atoms with van der Waals surface area (Å²) in [5, 5.41) is 11.6. The Kier molecular flexibility index (Phi) is 4.51. The molecule has 7 nitrogen and oxygen atoms in total. The number of anilines is 1. The van der Waals surface area contributed by atoms with Crippen LogP contribution in [-0.4, -0.2) is 44.1 Å². The first-order valence-corrected chi connectivity index (χ1v) is 9.01. The zero-order valence-electron chi connectivity index (χ0n) is 14.8. The van der Waals surface area contributed by atoms with Crippen molar-refractivity contribution in [3.8, 4) is 0 Å². The summed E-state index contributed by atoms with van der Waals surface area (Å²) in [5.74, 6) is 1.29. The topological polar surface area (TPSA) is 86.8 Å². The number of amides is 1. The fourth-order valence-electron chi connectivity index (χ4n) is 3.41. The molecule has 0 spiro atoms. The summed E-state index contributed by atoms with van der Waals surface area (Å²) in [6.45, 7) is 4.09. The molecule has 1 fully saturated rings. The van der Waals surface area contributed by atoms with Crippen molar-refractivity contribution in [2.24, 2.45) is 0 Å². The van der Waals surface area contributed by atoms with E-state index in [4.69, 9.17) is 4.98 Å². The summed E-state index contributed by atoms with van der Waals surface area (Å²) in [6.07, 6.45) is 3.30. The summed E-state index contributed by atoms with van der Waals surface area (Å²) in [4.78, 5) is 22.9. The predicted octanol–water partition coefficient (Wildman–Crippen LogP) is 2.69. The van der Waals surface area contributed by atoms with Crippen molar-refractivity contribution < 1.29 is 4.79 Å². The van der Waals surface area contributed by atoms with Crippen LogP contribution in [0.25, 0.3) is 11.0 Å². The predicted molar refractivity (Wildman–Crippen MR) is 99.7 cm³/mol. The summed E-state index contributed by atoms with van der Waals surface area (Å²) >= 11 is 0. The monoisotopic (exact) mass is 350 g/mol. The lowest BCUT2D eigenvalue weighted by atomic mass is 10.0. The molecule has 1 saturated heterocycles. The van der Waals surface area contributed by atoms with Crippen LogP contribution in [0.5, 0.6) is 0 Å². The fraction of sp³-hybridized carbons (Fsp3) is 0.368. The summed E-state index contributed by atoms with van der Waals surface area (Å²) in [5.41, 5.74) is 2.75. The number of rotatable bonds is 5. The van der Waals surface area contributed by atoms with Gasteiger partial charge in [-0.15, -0.1) is 0 Å². The van der Waals surface area contributed by atoms with E-state index in [0.29, 0.717) is 18.9 Å². The number of hydrogen-bond donors (Lipinski definition) is 2. The van der Waals surface area contributed by atoms with E-state index in [2.05, 4.69) is 20.5 Å². The maximum atomic E-state index is 11.9. The number of nitrogens with zero attached hydrogens (tertiary/aromatic N) is 4.